The SMILES string of the molecule is O=C(Nc1ccc(F)cc1)N1[C@@H]2CNC[C@H]1C2c1ccc(/C=C/c2ccccc2)cc1. The lowest BCUT2D eigenvalue weighted by Gasteiger charge is -2.59. The van der Waals surface area contributed by atoms with Crippen molar-refractivity contribution in [2.75, 3.05) is 18.4 Å². The van der Waals surface area contributed by atoms with E-state index in [1.54, 1.807) is 12.1 Å². The molecule has 0 saturated carbocycles. The molecule has 2 heterocycles. The van der Waals surface area contributed by atoms with Crippen molar-refractivity contribution in [3.8, 4) is 0 Å². The number of halogens is 1. The van der Waals surface area contributed by atoms with Gasteiger partial charge in [0.15, 0.2) is 0 Å². The molecule has 0 aromatic heterocycles. The molecule has 1 unspecified atom stereocenters. The van der Waals surface area contributed by atoms with Gasteiger partial charge in [-0.1, -0.05) is 66.7 Å². The number of carbonyl (C=O) groups is 1. The van der Waals surface area contributed by atoms with Gasteiger partial charge in [0.05, 0.1) is 12.1 Å². The predicted octanol–water partition coefficient (Wildman–Crippen LogP) is 4.97. The predicted molar refractivity (Wildman–Crippen MR) is 122 cm³/mol. The number of nitrogens with one attached hydrogen (secondary N) is 2. The van der Waals surface area contributed by atoms with Crippen LogP contribution in [0, 0.1) is 5.82 Å². The molecule has 31 heavy (non-hydrogen) atoms. The van der Waals surface area contributed by atoms with E-state index in [-0.39, 0.29) is 23.9 Å². The number of amides is 2. The zero-order chi connectivity index (χ0) is 21.2. The van der Waals surface area contributed by atoms with Crippen LogP contribution in [0.25, 0.3) is 12.2 Å². The summed E-state index contributed by atoms with van der Waals surface area (Å²) in [6.45, 7) is 1.54. The first-order chi connectivity index (χ1) is 15.2. The fourth-order valence-corrected chi connectivity index (χ4v) is 4.63. The number of hydrogen-bond acceptors (Lipinski definition) is 2. The third-order valence-corrected chi connectivity index (χ3v) is 6.17. The van der Waals surface area contributed by atoms with Gasteiger partial charge in [0, 0.05) is 24.7 Å². The van der Waals surface area contributed by atoms with Crippen LogP contribution in [-0.2, 0) is 0 Å². The lowest BCUT2D eigenvalue weighted by Crippen LogP contribution is -2.74. The molecule has 156 valence electrons. The summed E-state index contributed by atoms with van der Waals surface area (Å²) in [5, 5.41) is 6.30. The molecule has 2 aliphatic rings. The van der Waals surface area contributed by atoms with Crippen LogP contribution in [0.3, 0.4) is 0 Å². The smallest absolute Gasteiger partial charge is 0.315 e. The second kappa shape index (κ2) is 8.36. The van der Waals surface area contributed by atoms with Crippen molar-refractivity contribution in [1.29, 1.82) is 0 Å². The Kier molecular flexibility index (Phi) is 5.26. The Labute approximate surface area is 181 Å². The van der Waals surface area contributed by atoms with Gasteiger partial charge in [0.2, 0.25) is 0 Å². The third kappa shape index (κ3) is 3.97. The topological polar surface area (TPSA) is 44.4 Å². The van der Waals surface area contributed by atoms with Crippen LogP contribution in [0.5, 0.6) is 0 Å². The number of benzene rings is 3. The summed E-state index contributed by atoms with van der Waals surface area (Å²) >= 11 is 0. The third-order valence-electron chi connectivity index (χ3n) is 6.17. The molecule has 3 atom stereocenters. The van der Waals surface area contributed by atoms with Crippen molar-refractivity contribution in [3.05, 3.63) is 101 Å². The molecule has 2 saturated heterocycles. The van der Waals surface area contributed by atoms with E-state index in [0.29, 0.717) is 11.6 Å². The van der Waals surface area contributed by atoms with Crippen molar-refractivity contribution in [2.24, 2.45) is 0 Å². The quantitative estimate of drug-likeness (QED) is 0.594. The van der Waals surface area contributed by atoms with Crippen LogP contribution in [0.1, 0.15) is 22.6 Å². The Morgan fingerprint density at radius 1 is 0.871 bits per heavy atom. The molecule has 3 aromatic rings. The summed E-state index contributed by atoms with van der Waals surface area (Å²) in [4.78, 5) is 14.8. The molecule has 0 radical (unpaired) electrons. The van der Waals surface area contributed by atoms with E-state index in [9.17, 15) is 9.18 Å². The minimum atomic E-state index is -0.315. The van der Waals surface area contributed by atoms with E-state index < -0.39 is 0 Å². The standard InChI is InChI=1S/C26H24FN3O/c27-21-12-14-22(15-13-21)29-26(31)30-23-16-28-17-24(30)25(23)20-10-8-19(9-11-20)7-6-18-4-2-1-3-5-18/h1-15,23-25,28H,16-17H2,(H,29,31)/b7-6+/t23-,24+,25?. The van der Waals surface area contributed by atoms with Gasteiger partial charge in [0.1, 0.15) is 5.82 Å². The van der Waals surface area contributed by atoms with Gasteiger partial charge in [0.25, 0.3) is 0 Å². The van der Waals surface area contributed by atoms with Gasteiger partial charge < -0.3 is 15.5 Å². The maximum absolute atomic E-state index is 13.1. The van der Waals surface area contributed by atoms with Crippen LogP contribution in [0.4, 0.5) is 14.9 Å². The number of urea groups is 1. The minimum absolute atomic E-state index is 0.116. The van der Waals surface area contributed by atoms with Gasteiger partial charge in [-0.25, -0.2) is 9.18 Å². The first kappa shape index (κ1) is 19.5. The molecule has 2 aliphatic heterocycles. The highest BCUT2D eigenvalue weighted by atomic mass is 19.1. The number of piperidine rings is 1. The number of rotatable bonds is 4. The van der Waals surface area contributed by atoms with Gasteiger partial charge in [-0.2, -0.15) is 0 Å². The molecule has 2 N–H and O–H groups in total. The van der Waals surface area contributed by atoms with E-state index in [1.807, 2.05) is 23.1 Å². The fourth-order valence-electron chi connectivity index (χ4n) is 4.63. The molecule has 2 fully saturated rings. The maximum atomic E-state index is 13.1. The van der Waals surface area contributed by atoms with Crippen LogP contribution in [0.2, 0.25) is 0 Å². The number of anilines is 1. The van der Waals surface area contributed by atoms with Crippen molar-refractivity contribution < 1.29 is 9.18 Å². The Hall–Kier alpha value is -3.44. The zero-order valence-corrected chi connectivity index (χ0v) is 17.0. The Morgan fingerprint density at radius 3 is 2.13 bits per heavy atom. The number of hydrogen-bond donors (Lipinski definition) is 2. The van der Waals surface area contributed by atoms with E-state index in [1.165, 1.54) is 23.3 Å². The van der Waals surface area contributed by atoms with E-state index >= 15 is 0 Å². The molecular weight excluding hydrogens is 389 g/mol. The maximum Gasteiger partial charge on any atom is 0.322 e. The van der Waals surface area contributed by atoms with Crippen molar-refractivity contribution in [2.45, 2.75) is 18.0 Å². The molecule has 3 aromatic carbocycles. The first-order valence-electron chi connectivity index (χ1n) is 10.6. The average molecular weight is 413 g/mol. The molecule has 0 spiro atoms. The molecule has 2 amide bonds. The van der Waals surface area contributed by atoms with Crippen molar-refractivity contribution in [3.63, 3.8) is 0 Å². The normalized spacial score (nSPS) is 22.2. The van der Waals surface area contributed by atoms with Crippen LogP contribution in [0.15, 0.2) is 78.9 Å². The summed E-state index contributed by atoms with van der Waals surface area (Å²) in [6, 6.07) is 24.8. The van der Waals surface area contributed by atoms with Gasteiger partial charge >= 0.3 is 6.03 Å². The van der Waals surface area contributed by atoms with Crippen LogP contribution >= 0.6 is 0 Å². The Balaban J connectivity index is 1.26. The second-order valence-corrected chi connectivity index (χ2v) is 8.07. The average Bonchev–Trinajstić information content (AvgIpc) is 2.81. The highest BCUT2D eigenvalue weighted by molar-refractivity contribution is 5.91. The molecule has 0 aliphatic carbocycles. The van der Waals surface area contributed by atoms with Crippen molar-refractivity contribution >= 4 is 23.9 Å². The molecule has 2 bridgehead atoms. The monoisotopic (exact) mass is 413 g/mol. The van der Waals surface area contributed by atoms with Crippen LogP contribution < -0.4 is 10.6 Å². The molecule has 5 heteroatoms. The van der Waals surface area contributed by atoms with E-state index in [4.69, 9.17) is 0 Å². The largest absolute Gasteiger partial charge is 0.322 e. The fraction of sp³-hybridized carbons (Fsp3) is 0.192. The van der Waals surface area contributed by atoms with E-state index in [0.717, 1.165) is 18.7 Å². The van der Waals surface area contributed by atoms with Gasteiger partial charge in [-0.15, -0.1) is 0 Å². The highest BCUT2D eigenvalue weighted by Gasteiger charge is 2.53. The number of piperazine rings is 1. The summed E-state index contributed by atoms with van der Waals surface area (Å²) < 4.78 is 13.1. The summed E-state index contributed by atoms with van der Waals surface area (Å²) in [5.74, 6) is 0.0116. The summed E-state index contributed by atoms with van der Waals surface area (Å²) in [5.41, 5.74) is 4.20. The van der Waals surface area contributed by atoms with Crippen molar-refractivity contribution in [1.82, 2.24) is 10.2 Å². The van der Waals surface area contributed by atoms with E-state index in [2.05, 4.69) is 59.2 Å². The number of carbonyl (C=O) groups excluding carboxylic acids is 1. The second-order valence-electron chi connectivity index (χ2n) is 8.07. The number of nitrogens with zero attached hydrogens (tertiary/aromatic N) is 1. The zero-order valence-electron chi connectivity index (χ0n) is 17.0. The summed E-state index contributed by atoms with van der Waals surface area (Å²) in [7, 11) is 0. The first-order valence-corrected chi connectivity index (χ1v) is 10.6. The number of fused-ring (bicyclic) bond motifs is 2. The van der Waals surface area contributed by atoms with Crippen LogP contribution in [-0.4, -0.2) is 36.1 Å². The van der Waals surface area contributed by atoms with Gasteiger partial charge in [-0.3, -0.25) is 0 Å². The lowest BCUT2D eigenvalue weighted by atomic mass is 9.72. The molecule has 4 nitrogen and oxygen atoms in total. The van der Waals surface area contributed by atoms with Gasteiger partial charge in [-0.05, 0) is 41.0 Å². The highest BCUT2D eigenvalue weighted by Crippen LogP contribution is 2.42. The summed E-state index contributed by atoms with van der Waals surface area (Å²) in [6.07, 6.45) is 4.23. The minimum Gasteiger partial charge on any atom is -0.315 e. The lowest BCUT2D eigenvalue weighted by molar-refractivity contribution is 0.00201. The Morgan fingerprint density at radius 2 is 1.48 bits per heavy atom. The molecule has 5 rings (SSSR count). The Bertz CT molecular complexity index is 1070. The molecular formula is C26H24FN3O.